The molecular weight excluding hydrogens is 332 g/mol. The van der Waals surface area contributed by atoms with Crippen LogP contribution in [0.4, 0.5) is 0 Å². The first-order valence-corrected chi connectivity index (χ1v) is 8.11. The van der Waals surface area contributed by atoms with Crippen LogP contribution in [0.3, 0.4) is 0 Å². The van der Waals surface area contributed by atoms with Gasteiger partial charge in [-0.3, -0.25) is 9.59 Å². The molecule has 26 heavy (non-hydrogen) atoms. The van der Waals surface area contributed by atoms with Crippen molar-refractivity contribution < 1.29 is 9.90 Å². The fourth-order valence-corrected chi connectivity index (χ4v) is 2.73. The van der Waals surface area contributed by atoms with Crippen molar-refractivity contribution in [3.05, 3.63) is 58.8 Å². The van der Waals surface area contributed by atoms with Gasteiger partial charge < -0.3 is 20.4 Å². The van der Waals surface area contributed by atoms with Gasteiger partial charge in [-0.2, -0.15) is 0 Å². The summed E-state index contributed by atoms with van der Waals surface area (Å²) in [5.74, 6) is -0.526. The van der Waals surface area contributed by atoms with Crippen LogP contribution in [0.2, 0.25) is 0 Å². The van der Waals surface area contributed by atoms with Gasteiger partial charge in [0.25, 0.3) is 5.56 Å². The lowest BCUT2D eigenvalue weighted by Gasteiger charge is -2.19. The van der Waals surface area contributed by atoms with Crippen LogP contribution in [0.15, 0.2) is 47.7 Å². The van der Waals surface area contributed by atoms with Gasteiger partial charge in [-0.15, -0.1) is 0 Å². The van der Waals surface area contributed by atoms with Gasteiger partial charge in [0.05, 0.1) is 12.1 Å². The minimum Gasteiger partial charge on any atom is -0.389 e. The second-order valence-electron chi connectivity index (χ2n) is 6.80. The molecule has 0 radical (unpaired) electrons. The van der Waals surface area contributed by atoms with Gasteiger partial charge in [0.15, 0.2) is 0 Å². The number of amides is 1. The lowest BCUT2D eigenvalue weighted by atomic mass is 10.1. The van der Waals surface area contributed by atoms with Crippen molar-refractivity contribution in [2.24, 2.45) is 5.73 Å². The number of carbonyl (C=O) groups is 1. The van der Waals surface area contributed by atoms with Crippen LogP contribution in [0.1, 0.15) is 19.4 Å². The number of nitrogens with one attached hydrogen (secondary N) is 1. The number of aromatic nitrogens is 3. The van der Waals surface area contributed by atoms with Crippen LogP contribution in [-0.4, -0.2) is 31.1 Å². The summed E-state index contributed by atoms with van der Waals surface area (Å²) < 4.78 is 1.48. The smallest absolute Gasteiger partial charge is 0.250 e. The first-order chi connectivity index (χ1) is 12.2. The predicted molar refractivity (Wildman–Crippen MR) is 100 cm³/mol. The summed E-state index contributed by atoms with van der Waals surface area (Å²) in [6.45, 7) is 3.49. The average molecular weight is 352 g/mol. The number of fused-ring (bicyclic) bond motifs is 1. The molecule has 0 spiro atoms. The van der Waals surface area contributed by atoms with Crippen LogP contribution in [0, 0.1) is 0 Å². The molecular formula is C19H20N4O3. The number of nitrogens with zero attached hydrogens (tertiary/aromatic N) is 2. The molecule has 3 rings (SSSR count). The van der Waals surface area contributed by atoms with Crippen LogP contribution >= 0.6 is 0 Å². The number of primary amides is 1. The zero-order chi connectivity index (χ0) is 18.9. The van der Waals surface area contributed by atoms with Crippen molar-refractivity contribution in [1.29, 1.82) is 0 Å². The van der Waals surface area contributed by atoms with E-state index in [1.165, 1.54) is 16.7 Å². The second-order valence-corrected chi connectivity index (χ2v) is 6.80. The first-order valence-electron chi connectivity index (χ1n) is 8.11. The number of pyridine rings is 2. The number of aliphatic hydroxyl groups is 1. The Balaban J connectivity index is 2.05. The molecule has 0 saturated heterocycles. The topological polar surface area (TPSA) is 114 Å². The Morgan fingerprint density at radius 2 is 2.15 bits per heavy atom. The summed E-state index contributed by atoms with van der Waals surface area (Å²) in [7, 11) is 0. The van der Waals surface area contributed by atoms with Crippen molar-refractivity contribution in [1.82, 2.24) is 14.5 Å². The molecule has 1 amide bonds. The van der Waals surface area contributed by atoms with Crippen LogP contribution in [0.25, 0.3) is 28.2 Å². The van der Waals surface area contributed by atoms with E-state index in [4.69, 9.17) is 5.73 Å². The Morgan fingerprint density at radius 1 is 1.38 bits per heavy atom. The molecule has 0 aromatic carbocycles. The largest absolute Gasteiger partial charge is 0.389 e. The summed E-state index contributed by atoms with van der Waals surface area (Å²) in [6.07, 6.45) is 8.07. The molecule has 0 aliphatic rings. The minimum atomic E-state index is -1.00. The van der Waals surface area contributed by atoms with E-state index in [2.05, 4.69) is 9.97 Å². The molecule has 4 N–H and O–H groups in total. The highest BCUT2D eigenvalue weighted by Gasteiger charge is 2.15. The highest BCUT2D eigenvalue weighted by atomic mass is 16.3. The van der Waals surface area contributed by atoms with E-state index in [-0.39, 0.29) is 12.1 Å². The maximum atomic E-state index is 12.0. The summed E-state index contributed by atoms with van der Waals surface area (Å²) in [5.41, 5.74) is 7.05. The Labute approximate surface area is 149 Å². The number of aromatic amines is 1. The van der Waals surface area contributed by atoms with Gasteiger partial charge in [-0.1, -0.05) is 0 Å². The molecule has 0 aliphatic heterocycles. The van der Waals surface area contributed by atoms with Crippen molar-refractivity contribution >= 4 is 23.0 Å². The third-order valence-electron chi connectivity index (χ3n) is 3.86. The number of hydrogen-bond acceptors (Lipinski definition) is 4. The number of nitrogens with two attached hydrogens (primary N) is 1. The summed E-state index contributed by atoms with van der Waals surface area (Å²) >= 11 is 0. The number of H-pyrrole nitrogens is 1. The van der Waals surface area contributed by atoms with Crippen molar-refractivity contribution in [2.75, 3.05) is 0 Å². The maximum Gasteiger partial charge on any atom is 0.250 e. The second kappa shape index (κ2) is 6.61. The highest BCUT2D eigenvalue weighted by Crippen LogP contribution is 2.25. The Morgan fingerprint density at radius 3 is 2.85 bits per heavy atom. The molecule has 0 aliphatic carbocycles. The molecule has 134 valence electrons. The van der Waals surface area contributed by atoms with Gasteiger partial charge in [0.1, 0.15) is 5.65 Å². The van der Waals surface area contributed by atoms with Crippen LogP contribution < -0.4 is 11.3 Å². The molecule has 0 atom stereocenters. The zero-order valence-corrected chi connectivity index (χ0v) is 14.6. The molecule has 0 saturated carbocycles. The molecule has 0 fully saturated rings. The van der Waals surface area contributed by atoms with E-state index in [0.717, 1.165) is 22.1 Å². The molecule has 3 heterocycles. The Bertz CT molecular complexity index is 1050. The third kappa shape index (κ3) is 3.89. The van der Waals surface area contributed by atoms with Crippen molar-refractivity contribution in [3.8, 4) is 11.1 Å². The normalized spacial score (nSPS) is 12.1. The predicted octanol–water partition coefficient (Wildman–Crippen LogP) is 1.66. The molecule has 7 heteroatoms. The molecule has 0 bridgehead atoms. The lowest BCUT2D eigenvalue weighted by molar-refractivity contribution is -0.113. The average Bonchev–Trinajstić information content (AvgIpc) is 2.96. The molecule has 3 aromatic heterocycles. The highest BCUT2D eigenvalue weighted by molar-refractivity contribution is 5.95. The van der Waals surface area contributed by atoms with E-state index in [0.29, 0.717) is 5.65 Å². The third-order valence-corrected chi connectivity index (χ3v) is 3.86. The SMILES string of the molecule is CC(C)(O)Cn1cc(-c2cnc3[nH]cc(C=CC(N)=O)c3c2)ccc1=O. The number of rotatable bonds is 5. The number of carbonyl (C=O) groups excluding carboxylic acids is 1. The van der Waals surface area contributed by atoms with E-state index < -0.39 is 11.5 Å². The Hall–Kier alpha value is -3.19. The van der Waals surface area contributed by atoms with Gasteiger partial charge in [-0.05, 0) is 37.6 Å². The Kier molecular flexibility index (Phi) is 4.48. The van der Waals surface area contributed by atoms with E-state index in [9.17, 15) is 14.7 Å². The van der Waals surface area contributed by atoms with Gasteiger partial charge in [0.2, 0.25) is 5.91 Å². The monoisotopic (exact) mass is 352 g/mol. The zero-order valence-electron chi connectivity index (χ0n) is 14.6. The van der Waals surface area contributed by atoms with Gasteiger partial charge >= 0.3 is 0 Å². The van der Waals surface area contributed by atoms with Crippen LogP contribution in [-0.2, 0) is 11.3 Å². The number of hydrogen-bond donors (Lipinski definition) is 3. The van der Waals surface area contributed by atoms with Gasteiger partial charge in [-0.25, -0.2) is 4.98 Å². The maximum absolute atomic E-state index is 12.0. The van der Waals surface area contributed by atoms with E-state index in [1.54, 1.807) is 44.6 Å². The van der Waals surface area contributed by atoms with Gasteiger partial charge in [0, 0.05) is 47.2 Å². The molecule has 3 aromatic rings. The first kappa shape index (κ1) is 17.6. The molecule has 7 nitrogen and oxygen atoms in total. The quantitative estimate of drug-likeness (QED) is 0.606. The van der Waals surface area contributed by atoms with Crippen molar-refractivity contribution in [3.63, 3.8) is 0 Å². The standard InChI is InChI=1S/C19H20N4O3/c1-19(2,26)11-23-10-13(4-6-17(23)25)14-7-15-12(3-5-16(20)24)8-21-18(15)22-9-14/h3-10,26H,11H2,1-2H3,(H2,20,24)(H,21,22). The summed E-state index contributed by atoms with van der Waals surface area (Å²) in [6, 6.07) is 5.11. The lowest BCUT2D eigenvalue weighted by Crippen LogP contribution is -2.32. The van der Waals surface area contributed by atoms with Crippen LogP contribution in [0.5, 0.6) is 0 Å². The summed E-state index contributed by atoms with van der Waals surface area (Å²) in [4.78, 5) is 30.4. The molecule has 0 unspecified atom stereocenters. The fourth-order valence-electron chi connectivity index (χ4n) is 2.73. The van der Waals surface area contributed by atoms with E-state index >= 15 is 0 Å². The minimum absolute atomic E-state index is 0.184. The fraction of sp³-hybridized carbons (Fsp3) is 0.211. The van der Waals surface area contributed by atoms with E-state index in [1.807, 2.05) is 6.07 Å². The summed E-state index contributed by atoms with van der Waals surface area (Å²) in [5, 5.41) is 10.8. The van der Waals surface area contributed by atoms with Crippen molar-refractivity contribution in [2.45, 2.75) is 26.0 Å².